The average molecular weight is 265 g/mol. The van der Waals surface area contributed by atoms with E-state index in [9.17, 15) is 9.59 Å². The number of hydrogen-bond donors (Lipinski definition) is 3. The molecule has 1 saturated heterocycles. The first-order valence-electron chi connectivity index (χ1n) is 5.21. The molecule has 2 rings (SSSR count). The first-order chi connectivity index (χ1) is 8.69. The lowest BCUT2D eigenvalue weighted by Crippen LogP contribution is -2.17. The SMILES string of the molecule is NCCNc1nccc(C=C2SC(=O)NC2=O)n1. The molecule has 1 aromatic rings. The summed E-state index contributed by atoms with van der Waals surface area (Å²) in [6.45, 7) is 1.04. The summed E-state index contributed by atoms with van der Waals surface area (Å²) < 4.78 is 0. The Kier molecular flexibility index (Phi) is 3.90. The van der Waals surface area contributed by atoms with Gasteiger partial charge in [-0.1, -0.05) is 0 Å². The number of nitrogens with one attached hydrogen (secondary N) is 2. The zero-order valence-electron chi connectivity index (χ0n) is 9.34. The summed E-state index contributed by atoms with van der Waals surface area (Å²) in [6, 6.07) is 1.65. The fourth-order valence-corrected chi connectivity index (χ4v) is 1.94. The number of amides is 2. The van der Waals surface area contributed by atoms with Crippen LogP contribution in [-0.2, 0) is 4.79 Å². The van der Waals surface area contributed by atoms with Crippen molar-refractivity contribution in [2.24, 2.45) is 5.73 Å². The van der Waals surface area contributed by atoms with E-state index in [1.165, 1.54) is 0 Å². The zero-order valence-corrected chi connectivity index (χ0v) is 10.2. The Bertz CT molecular complexity index is 517. The van der Waals surface area contributed by atoms with Crippen molar-refractivity contribution in [1.82, 2.24) is 15.3 Å². The normalized spacial score (nSPS) is 17.1. The van der Waals surface area contributed by atoms with Gasteiger partial charge in [0.15, 0.2) is 0 Å². The van der Waals surface area contributed by atoms with E-state index in [0.717, 1.165) is 11.8 Å². The fraction of sp³-hybridized carbons (Fsp3) is 0.200. The lowest BCUT2D eigenvalue weighted by atomic mass is 10.3. The van der Waals surface area contributed by atoms with Crippen molar-refractivity contribution in [2.75, 3.05) is 18.4 Å². The van der Waals surface area contributed by atoms with Crippen molar-refractivity contribution in [3.8, 4) is 0 Å². The van der Waals surface area contributed by atoms with Gasteiger partial charge in [0, 0.05) is 19.3 Å². The van der Waals surface area contributed by atoms with Crippen molar-refractivity contribution < 1.29 is 9.59 Å². The van der Waals surface area contributed by atoms with E-state index in [1.807, 2.05) is 0 Å². The summed E-state index contributed by atoms with van der Waals surface area (Å²) >= 11 is 0.853. The summed E-state index contributed by atoms with van der Waals surface area (Å²) in [7, 11) is 0. The van der Waals surface area contributed by atoms with E-state index in [1.54, 1.807) is 18.3 Å². The lowest BCUT2D eigenvalue weighted by Gasteiger charge is -2.02. The molecule has 7 nitrogen and oxygen atoms in total. The molecule has 0 unspecified atom stereocenters. The molecule has 0 radical (unpaired) electrons. The highest BCUT2D eigenvalue weighted by molar-refractivity contribution is 8.18. The van der Waals surface area contributed by atoms with Gasteiger partial charge in [-0.2, -0.15) is 0 Å². The van der Waals surface area contributed by atoms with Gasteiger partial charge in [-0.25, -0.2) is 9.97 Å². The number of imide groups is 1. The van der Waals surface area contributed by atoms with E-state index in [2.05, 4.69) is 20.6 Å². The van der Waals surface area contributed by atoms with Crippen LogP contribution < -0.4 is 16.4 Å². The predicted molar refractivity (Wildman–Crippen MR) is 68.7 cm³/mol. The molecule has 0 aromatic carbocycles. The van der Waals surface area contributed by atoms with Gasteiger partial charge in [0.2, 0.25) is 5.95 Å². The van der Waals surface area contributed by atoms with Crippen LogP contribution in [0.25, 0.3) is 6.08 Å². The summed E-state index contributed by atoms with van der Waals surface area (Å²) in [5.41, 5.74) is 5.91. The molecule has 2 amide bonds. The second kappa shape index (κ2) is 5.61. The Morgan fingerprint density at radius 2 is 2.33 bits per heavy atom. The van der Waals surface area contributed by atoms with E-state index >= 15 is 0 Å². The standard InChI is InChI=1S/C10H11N5O2S/c11-2-4-13-9-12-3-1-6(14-9)5-7-8(16)15-10(17)18-7/h1,3,5H,2,4,11H2,(H,12,13,14)(H,15,16,17). The molecular weight excluding hydrogens is 254 g/mol. The third-order valence-electron chi connectivity index (χ3n) is 2.03. The van der Waals surface area contributed by atoms with Crippen molar-refractivity contribution in [3.05, 3.63) is 22.9 Å². The molecule has 2 heterocycles. The third kappa shape index (κ3) is 3.05. The smallest absolute Gasteiger partial charge is 0.290 e. The molecule has 8 heteroatoms. The van der Waals surface area contributed by atoms with Gasteiger partial charge in [0.1, 0.15) is 0 Å². The minimum Gasteiger partial charge on any atom is -0.353 e. The fourth-order valence-electron chi connectivity index (χ4n) is 1.28. The van der Waals surface area contributed by atoms with Crippen molar-refractivity contribution in [2.45, 2.75) is 0 Å². The van der Waals surface area contributed by atoms with Crippen LogP contribution in [0.1, 0.15) is 5.69 Å². The Hall–Kier alpha value is -1.93. The maximum absolute atomic E-state index is 11.3. The van der Waals surface area contributed by atoms with Crippen LogP contribution in [0.2, 0.25) is 0 Å². The minimum atomic E-state index is -0.403. The van der Waals surface area contributed by atoms with Gasteiger partial charge in [-0.15, -0.1) is 0 Å². The van der Waals surface area contributed by atoms with Crippen LogP contribution in [0.5, 0.6) is 0 Å². The molecule has 0 bridgehead atoms. The number of hydrogen-bond acceptors (Lipinski definition) is 7. The lowest BCUT2D eigenvalue weighted by molar-refractivity contribution is -0.115. The molecule has 0 saturated carbocycles. The molecule has 0 aliphatic carbocycles. The third-order valence-corrected chi connectivity index (χ3v) is 2.84. The molecular formula is C10H11N5O2S. The van der Waals surface area contributed by atoms with E-state index in [0.29, 0.717) is 29.6 Å². The molecule has 1 aliphatic heterocycles. The van der Waals surface area contributed by atoms with E-state index in [-0.39, 0.29) is 5.24 Å². The van der Waals surface area contributed by atoms with Crippen molar-refractivity contribution >= 4 is 34.9 Å². The highest BCUT2D eigenvalue weighted by Crippen LogP contribution is 2.24. The number of anilines is 1. The van der Waals surface area contributed by atoms with Crippen LogP contribution in [0.3, 0.4) is 0 Å². The van der Waals surface area contributed by atoms with E-state index < -0.39 is 5.91 Å². The van der Waals surface area contributed by atoms with Crippen LogP contribution in [0.4, 0.5) is 10.7 Å². The predicted octanol–water partition coefficient (Wildman–Crippen LogP) is 0.171. The summed E-state index contributed by atoms with van der Waals surface area (Å²) in [5, 5.41) is 4.73. The minimum absolute atomic E-state index is 0.323. The molecule has 4 N–H and O–H groups in total. The Morgan fingerprint density at radius 1 is 1.50 bits per heavy atom. The Morgan fingerprint density at radius 3 is 3.00 bits per heavy atom. The first kappa shape index (κ1) is 12.5. The van der Waals surface area contributed by atoms with Crippen molar-refractivity contribution in [1.29, 1.82) is 0 Å². The second-order valence-corrected chi connectivity index (χ2v) is 4.39. The number of carbonyl (C=O) groups excluding carboxylic acids is 2. The van der Waals surface area contributed by atoms with Gasteiger partial charge < -0.3 is 11.1 Å². The molecule has 0 atom stereocenters. The number of carbonyl (C=O) groups is 2. The van der Waals surface area contributed by atoms with Gasteiger partial charge in [0.25, 0.3) is 11.1 Å². The van der Waals surface area contributed by atoms with Crippen LogP contribution in [0.15, 0.2) is 17.2 Å². The van der Waals surface area contributed by atoms with Crippen LogP contribution >= 0.6 is 11.8 Å². The Balaban J connectivity index is 2.16. The summed E-state index contributed by atoms with van der Waals surface area (Å²) in [4.78, 5) is 30.8. The maximum Gasteiger partial charge on any atom is 0.290 e. The summed E-state index contributed by atoms with van der Waals surface area (Å²) in [6.07, 6.45) is 3.11. The second-order valence-electron chi connectivity index (χ2n) is 3.37. The average Bonchev–Trinajstić information content (AvgIpc) is 2.66. The van der Waals surface area contributed by atoms with Crippen LogP contribution in [-0.4, -0.2) is 34.2 Å². The number of thioether (sulfide) groups is 1. The largest absolute Gasteiger partial charge is 0.353 e. The monoisotopic (exact) mass is 265 g/mol. The molecule has 0 spiro atoms. The highest BCUT2D eigenvalue weighted by Gasteiger charge is 2.25. The van der Waals surface area contributed by atoms with E-state index in [4.69, 9.17) is 5.73 Å². The quantitative estimate of drug-likeness (QED) is 0.665. The molecule has 18 heavy (non-hydrogen) atoms. The topological polar surface area (TPSA) is 110 Å². The first-order valence-corrected chi connectivity index (χ1v) is 6.02. The number of nitrogens with two attached hydrogens (primary N) is 1. The van der Waals surface area contributed by atoms with Gasteiger partial charge >= 0.3 is 0 Å². The Labute approximate surface area is 107 Å². The number of nitrogens with zero attached hydrogens (tertiary/aromatic N) is 2. The summed E-state index contributed by atoms with van der Waals surface area (Å²) in [5.74, 6) is 0.0320. The zero-order chi connectivity index (χ0) is 13.0. The molecule has 94 valence electrons. The maximum atomic E-state index is 11.3. The van der Waals surface area contributed by atoms with Crippen molar-refractivity contribution in [3.63, 3.8) is 0 Å². The number of rotatable bonds is 4. The number of aromatic nitrogens is 2. The van der Waals surface area contributed by atoms with Crippen LogP contribution in [0, 0.1) is 0 Å². The molecule has 1 aliphatic rings. The van der Waals surface area contributed by atoms with Gasteiger partial charge in [0.05, 0.1) is 10.6 Å². The van der Waals surface area contributed by atoms with Gasteiger partial charge in [-0.05, 0) is 23.9 Å². The molecule has 1 fully saturated rings. The highest BCUT2D eigenvalue weighted by atomic mass is 32.2. The molecule has 1 aromatic heterocycles. The van der Waals surface area contributed by atoms with Gasteiger partial charge in [-0.3, -0.25) is 14.9 Å².